The van der Waals surface area contributed by atoms with Gasteiger partial charge in [-0.15, -0.1) is 0 Å². The van der Waals surface area contributed by atoms with E-state index in [1.54, 1.807) is 19.1 Å². The van der Waals surface area contributed by atoms with Crippen molar-refractivity contribution in [1.82, 2.24) is 0 Å². The van der Waals surface area contributed by atoms with Gasteiger partial charge in [0, 0.05) is 0 Å². The fraction of sp³-hybridized carbons (Fsp3) is 0.333. The summed E-state index contributed by atoms with van der Waals surface area (Å²) in [6.45, 7) is 1.48. The second kappa shape index (κ2) is 4.17. The Hall–Kier alpha value is -0.450. The van der Waals surface area contributed by atoms with Crippen LogP contribution in [0.3, 0.4) is 0 Å². The maximum Gasteiger partial charge on any atom is 0.140 e. The standard InChI is InChI=1S/C9H11BrFNO/c1-5-2-3-6(7(12)4-13)8(10)9(5)11/h2-3,7,13H,4,12H2,1H3. The fourth-order valence-corrected chi connectivity index (χ4v) is 1.78. The summed E-state index contributed by atoms with van der Waals surface area (Å²) in [5, 5.41) is 8.80. The molecular weight excluding hydrogens is 237 g/mol. The lowest BCUT2D eigenvalue weighted by Gasteiger charge is -2.12. The Morgan fingerprint density at radius 2 is 2.23 bits per heavy atom. The van der Waals surface area contributed by atoms with E-state index < -0.39 is 6.04 Å². The summed E-state index contributed by atoms with van der Waals surface area (Å²) < 4.78 is 13.6. The number of rotatable bonds is 2. The van der Waals surface area contributed by atoms with Gasteiger partial charge in [-0.25, -0.2) is 4.39 Å². The number of aliphatic hydroxyl groups is 1. The Bertz CT molecular complexity index is 317. The summed E-state index contributed by atoms with van der Waals surface area (Å²) in [4.78, 5) is 0. The third kappa shape index (κ3) is 2.07. The smallest absolute Gasteiger partial charge is 0.140 e. The quantitative estimate of drug-likeness (QED) is 0.839. The molecule has 72 valence electrons. The van der Waals surface area contributed by atoms with E-state index in [4.69, 9.17) is 10.8 Å². The number of halogens is 2. The van der Waals surface area contributed by atoms with Crippen LogP contribution in [0.2, 0.25) is 0 Å². The van der Waals surface area contributed by atoms with Crippen LogP contribution in [-0.4, -0.2) is 11.7 Å². The summed E-state index contributed by atoms with van der Waals surface area (Å²) in [6, 6.07) is 2.82. The molecule has 0 saturated carbocycles. The highest BCUT2D eigenvalue weighted by atomic mass is 79.9. The van der Waals surface area contributed by atoms with Crippen molar-refractivity contribution in [3.05, 3.63) is 33.5 Å². The Morgan fingerprint density at radius 1 is 1.62 bits per heavy atom. The van der Waals surface area contributed by atoms with Gasteiger partial charge in [0.15, 0.2) is 0 Å². The molecule has 3 N–H and O–H groups in total. The van der Waals surface area contributed by atoms with Crippen molar-refractivity contribution in [2.24, 2.45) is 5.73 Å². The topological polar surface area (TPSA) is 46.2 Å². The molecule has 0 aliphatic rings. The molecule has 1 atom stereocenters. The molecule has 0 aromatic heterocycles. The van der Waals surface area contributed by atoms with E-state index in [1.807, 2.05) is 0 Å². The van der Waals surface area contributed by atoms with Crippen molar-refractivity contribution in [3.8, 4) is 0 Å². The highest BCUT2D eigenvalue weighted by Gasteiger charge is 2.13. The number of hydrogen-bond acceptors (Lipinski definition) is 2. The summed E-state index contributed by atoms with van der Waals surface area (Å²) >= 11 is 3.11. The average Bonchev–Trinajstić information content (AvgIpc) is 2.13. The molecule has 4 heteroatoms. The molecule has 1 aromatic rings. The first-order valence-corrected chi connectivity index (χ1v) is 4.68. The van der Waals surface area contributed by atoms with E-state index in [0.29, 0.717) is 15.6 Å². The highest BCUT2D eigenvalue weighted by molar-refractivity contribution is 9.10. The van der Waals surface area contributed by atoms with E-state index in [2.05, 4.69) is 15.9 Å². The van der Waals surface area contributed by atoms with E-state index in [-0.39, 0.29) is 12.4 Å². The monoisotopic (exact) mass is 247 g/mol. The first kappa shape index (κ1) is 10.6. The lowest BCUT2D eigenvalue weighted by Crippen LogP contribution is -2.15. The van der Waals surface area contributed by atoms with Gasteiger partial charge < -0.3 is 10.8 Å². The third-order valence-electron chi connectivity index (χ3n) is 1.90. The zero-order chi connectivity index (χ0) is 10.0. The second-order valence-corrected chi connectivity index (χ2v) is 3.68. The predicted molar refractivity (Wildman–Crippen MR) is 52.9 cm³/mol. The Kier molecular flexibility index (Phi) is 3.41. The Labute approximate surface area is 84.7 Å². The van der Waals surface area contributed by atoms with Gasteiger partial charge in [0.1, 0.15) is 5.82 Å². The first-order valence-electron chi connectivity index (χ1n) is 3.89. The van der Waals surface area contributed by atoms with Gasteiger partial charge in [-0.1, -0.05) is 12.1 Å². The summed E-state index contributed by atoms with van der Waals surface area (Å²) in [5.74, 6) is -0.318. The predicted octanol–water partition coefficient (Wildman–Crippen LogP) is 1.89. The van der Waals surface area contributed by atoms with Crippen molar-refractivity contribution in [2.75, 3.05) is 6.61 Å². The van der Waals surface area contributed by atoms with E-state index in [9.17, 15) is 4.39 Å². The average molecular weight is 248 g/mol. The van der Waals surface area contributed by atoms with E-state index >= 15 is 0 Å². The molecule has 0 spiro atoms. The summed E-state index contributed by atoms with van der Waals surface area (Å²) in [5.41, 5.74) is 6.71. The molecule has 2 nitrogen and oxygen atoms in total. The molecule has 0 fully saturated rings. The van der Waals surface area contributed by atoms with E-state index in [1.165, 1.54) is 0 Å². The van der Waals surface area contributed by atoms with Crippen molar-refractivity contribution in [3.63, 3.8) is 0 Å². The molecule has 0 saturated heterocycles. The Morgan fingerprint density at radius 3 is 2.77 bits per heavy atom. The van der Waals surface area contributed by atoms with Gasteiger partial charge >= 0.3 is 0 Å². The number of benzene rings is 1. The number of nitrogens with two attached hydrogens (primary N) is 1. The first-order chi connectivity index (χ1) is 6.07. The third-order valence-corrected chi connectivity index (χ3v) is 2.71. The SMILES string of the molecule is Cc1ccc(C(N)CO)c(Br)c1F. The molecule has 0 aliphatic heterocycles. The molecule has 1 unspecified atom stereocenters. The summed E-state index contributed by atoms with van der Waals surface area (Å²) in [6.07, 6.45) is 0. The van der Waals surface area contributed by atoms with Gasteiger partial charge in [-0.2, -0.15) is 0 Å². The normalized spacial score (nSPS) is 13.0. The summed E-state index contributed by atoms with van der Waals surface area (Å²) in [7, 11) is 0. The van der Waals surface area contributed by atoms with Crippen LogP contribution in [0.1, 0.15) is 17.2 Å². The minimum Gasteiger partial charge on any atom is -0.394 e. The molecule has 13 heavy (non-hydrogen) atoms. The van der Waals surface area contributed by atoms with Crippen LogP contribution in [0.15, 0.2) is 16.6 Å². The Balaban J connectivity index is 3.18. The van der Waals surface area contributed by atoms with Crippen LogP contribution in [0.4, 0.5) is 4.39 Å². The molecule has 1 rings (SSSR count). The van der Waals surface area contributed by atoms with Gasteiger partial charge in [0.25, 0.3) is 0 Å². The van der Waals surface area contributed by atoms with Gasteiger partial charge in [-0.3, -0.25) is 0 Å². The van der Waals surface area contributed by atoms with Crippen molar-refractivity contribution in [1.29, 1.82) is 0 Å². The van der Waals surface area contributed by atoms with E-state index in [0.717, 1.165) is 0 Å². The van der Waals surface area contributed by atoms with Crippen molar-refractivity contribution in [2.45, 2.75) is 13.0 Å². The van der Waals surface area contributed by atoms with Crippen LogP contribution in [0.5, 0.6) is 0 Å². The lowest BCUT2D eigenvalue weighted by atomic mass is 10.1. The fourth-order valence-electron chi connectivity index (χ4n) is 1.05. The van der Waals surface area contributed by atoms with Crippen LogP contribution < -0.4 is 5.73 Å². The van der Waals surface area contributed by atoms with Gasteiger partial charge in [0.2, 0.25) is 0 Å². The van der Waals surface area contributed by atoms with Crippen LogP contribution in [0, 0.1) is 12.7 Å². The molecule has 1 aromatic carbocycles. The largest absolute Gasteiger partial charge is 0.394 e. The zero-order valence-corrected chi connectivity index (χ0v) is 8.81. The zero-order valence-electron chi connectivity index (χ0n) is 7.22. The van der Waals surface area contributed by atoms with Crippen molar-refractivity contribution < 1.29 is 9.50 Å². The lowest BCUT2D eigenvalue weighted by molar-refractivity contribution is 0.267. The van der Waals surface area contributed by atoms with Gasteiger partial charge in [-0.05, 0) is 34.0 Å². The van der Waals surface area contributed by atoms with Crippen LogP contribution >= 0.6 is 15.9 Å². The highest BCUT2D eigenvalue weighted by Crippen LogP contribution is 2.26. The second-order valence-electron chi connectivity index (χ2n) is 2.89. The molecule has 0 aliphatic carbocycles. The maximum absolute atomic E-state index is 13.3. The number of aliphatic hydroxyl groups excluding tert-OH is 1. The molecule has 0 radical (unpaired) electrons. The molecular formula is C9H11BrFNO. The van der Waals surface area contributed by atoms with Crippen molar-refractivity contribution >= 4 is 15.9 Å². The molecule has 0 amide bonds. The minimum atomic E-state index is -0.538. The minimum absolute atomic E-state index is 0.193. The molecule has 0 heterocycles. The van der Waals surface area contributed by atoms with Gasteiger partial charge in [0.05, 0.1) is 17.1 Å². The van der Waals surface area contributed by atoms with Crippen LogP contribution in [0.25, 0.3) is 0 Å². The maximum atomic E-state index is 13.3. The molecule has 0 bridgehead atoms. The van der Waals surface area contributed by atoms with Crippen LogP contribution in [-0.2, 0) is 0 Å². The number of aryl methyl sites for hydroxylation is 1. The number of hydrogen-bond donors (Lipinski definition) is 2.